The monoisotopic (exact) mass is 402 g/mol. The zero-order chi connectivity index (χ0) is 20.3. The van der Waals surface area contributed by atoms with E-state index in [1.165, 1.54) is 6.92 Å². The van der Waals surface area contributed by atoms with Crippen molar-refractivity contribution in [1.82, 2.24) is 0 Å². The number of aryl methyl sites for hydroxylation is 1. The Bertz CT molecular complexity index is 931. The molecule has 0 radical (unpaired) electrons. The normalized spacial score (nSPS) is 16.2. The van der Waals surface area contributed by atoms with Gasteiger partial charge in [-0.15, -0.1) is 0 Å². The van der Waals surface area contributed by atoms with Crippen LogP contribution in [-0.2, 0) is 19.1 Å². The zero-order valence-electron chi connectivity index (χ0n) is 15.3. The third-order valence-corrected chi connectivity index (χ3v) is 4.43. The summed E-state index contributed by atoms with van der Waals surface area (Å²) in [6, 6.07) is 12.0. The van der Waals surface area contributed by atoms with Crippen LogP contribution >= 0.6 is 11.6 Å². The fourth-order valence-electron chi connectivity index (χ4n) is 2.64. The van der Waals surface area contributed by atoms with Gasteiger partial charge >= 0.3 is 5.97 Å². The first kappa shape index (κ1) is 19.7. The Morgan fingerprint density at radius 1 is 1.29 bits per heavy atom. The zero-order valence-corrected chi connectivity index (χ0v) is 16.1. The summed E-state index contributed by atoms with van der Waals surface area (Å²) >= 11 is 5.93. The van der Waals surface area contributed by atoms with E-state index in [0.29, 0.717) is 22.1 Å². The molecule has 0 spiro atoms. The van der Waals surface area contributed by atoms with Crippen LogP contribution in [0.15, 0.2) is 42.5 Å². The maximum absolute atomic E-state index is 12.3. The molecule has 0 fully saturated rings. The number of fused-ring (bicyclic) bond motifs is 1. The lowest BCUT2D eigenvalue weighted by molar-refractivity contribution is -0.155. The summed E-state index contributed by atoms with van der Waals surface area (Å²) in [6.07, 6.45) is -2.38. The third kappa shape index (κ3) is 4.61. The van der Waals surface area contributed by atoms with Crippen molar-refractivity contribution >= 4 is 40.8 Å². The van der Waals surface area contributed by atoms with E-state index in [2.05, 4.69) is 10.6 Å². The van der Waals surface area contributed by atoms with Gasteiger partial charge < -0.3 is 20.1 Å². The van der Waals surface area contributed by atoms with Gasteiger partial charge in [0.2, 0.25) is 0 Å². The number of ether oxygens (including phenoxy) is 2. The van der Waals surface area contributed by atoms with Crippen LogP contribution < -0.4 is 15.4 Å². The number of amides is 2. The van der Waals surface area contributed by atoms with Gasteiger partial charge in [0, 0.05) is 10.7 Å². The summed E-state index contributed by atoms with van der Waals surface area (Å²) in [5, 5.41) is 5.82. The molecular formula is C20H19ClN2O5. The van der Waals surface area contributed by atoms with E-state index >= 15 is 0 Å². The number of esters is 1. The fourth-order valence-corrected chi connectivity index (χ4v) is 2.81. The molecule has 2 aromatic rings. The van der Waals surface area contributed by atoms with Gasteiger partial charge in [-0.2, -0.15) is 0 Å². The van der Waals surface area contributed by atoms with E-state index in [1.807, 2.05) is 6.92 Å². The highest BCUT2D eigenvalue weighted by Crippen LogP contribution is 2.29. The highest BCUT2D eigenvalue weighted by Gasteiger charge is 2.31. The van der Waals surface area contributed by atoms with Crippen molar-refractivity contribution in [2.75, 3.05) is 10.6 Å². The maximum atomic E-state index is 12.3. The molecule has 2 aromatic carbocycles. The van der Waals surface area contributed by atoms with E-state index in [4.69, 9.17) is 21.1 Å². The van der Waals surface area contributed by atoms with Crippen LogP contribution in [0.4, 0.5) is 11.4 Å². The molecule has 0 saturated heterocycles. The van der Waals surface area contributed by atoms with Crippen LogP contribution in [0.3, 0.4) is 0 Å². The first-order valence-electron chi connectivity index (χ1n) is 8.66. The highest BCUT2D eigenvalue weighted by molar-refractivity contribution is 6.31. The molecule has 3 rings (SSSR count). The van der Waals surface area contributed by atoms with Gasteiger partial charge in [-0.25, -0.2) is 0 Å². The minimum atomic E-state index is -1.05. The molecule has 0 bridgehead atoms. The average Bonchev–Trinajstić information content (AvgIpc) is 2.65. The predicted octanol–water partition coefficient (Wildman–Crippen LogP) is 3.31. The summed E-state index contributed by atoms with van der Waals surface area (Å²) in [5.74, 6) is -1.19. The number of halogens is 1. The molecule has 1 aliphatic heterocycles. The van der Waals surface area contributed by atoms with Crippen LogP contribution in [0.5, 0.6) is 5.75 Å². The van der Waals surface area contributed by atoms with Gasteiger partial charge in [0.15, 0.2) is 12.2 Å². The second-order valence-corrected chi connectivity index (χ2v) is 6.81. The van der Waals surface area contributed by atoms with Gasteiger partial charge in [0.25, 0.3) is 11.8 Å². The molecule has 2 N–H and O–H groups in total. The quantitative estimate of drug-likeness (QED) is 0.748. The smallest absolute Gasteiger partial charge is 0.310 e. The number of carbonyl (C=O) groups is 3. The topological polar surface area (TPSA) is 93.7 Å². The molecule has 7 nitrogen and oxygen atoms in total. The molecule has 0 unspecified atom stereocenters. The summed E-state index contributed by atoms with van der Waals surface area (Å²) in [4.78, 5) is 36.6. The van der Waals surface area contributed by atoms with Crippen LogP contribution in [-0.4, -0.2) is 30.0 Å². The lowest BCUT2D eigenvalue weighted by Crippen LogP contribution is -2.40. The first-order valence-corrected chi connectivity index (χ1v) is 9.04. The number of hydrogen-bond acceptors (Lipinski definition) is 5. The van der Waals surface area contributed by atoms with Crippen LogP contribution in [0.2, 0.25) is 5.02 Å². The number of para-hydroxylation sites is 2. The minimum absolute atomic E-state index is 0.312. The largest absolute Gasteiger partial charge is 0.478 e. The Hall–Kier alpha value is -3.06. The third-order valence-electron chi connectivity index (χ3n) is 4.19. The number of rotatable bonds is 5. The molecule has 8 heteroatoms. The molecule has 146 valence electrons. The van der Waals surface area contributed by atoms with Gasteiger partial charge in [0.05, 0.1) is 12.1 Å². The number of hydrogen-bond donors (Lipinski definition) is 2. The Morgan fingerprint density at radius 2 is 2.04 bits per heavy atom. The van der Waals surface area contributed by atoms with E-state index in [-0.39, 0.29) is 6.42 Å². The lowest BCUT2D eigenvalue weighted by Gasteiger charge is -2.25. The van der Waals surface area contributed by atoms with E-state index in [0.717, 1.165) is 5.56 Å². The molecule has 28 heavy (non-hydrogen) atoms. The van der Waals surface area contributed by atoms with Gasteiger partial charge in [-0.3, -0.25) is 14.4 Å². The average molecular weight is 403 g/mol. The Morgan fingerprint density at radius 3 is 2.82 bits per heavy atom. The number of benzene rings is 2. The molecule has 0 aromatic heterocycles. The Labute approximate surface area is 167 Å². The van der Waals surface area contributed by atoms with Crippen molar-refractivity contribution in [1.29, 1.82) is 0 Å². The SMILES string of the molecule is Cc1ccc(Cl)cc1NC(=O)[C@H](C)OC(=O)C[C@H]1Oc2ccccc2NC1=O. The predicted molar refractivity (Wildman–Crippen MR) is 104 cm³/mol. The van der Waals surface area contributed by atoms with Gasteiger partial charge in [-0.05, 0) is 43.7 Å². The molecular weight excluding hydrogens is 384 g/mol. The number of anilines is 2. The van der Waals surface area contributed by atoms with Crippen molar-refractivity contribution in [2.24, 2.45) is 0 Å². The Balaban J connectivity index is 1.56. The van der Waals surface area contributed by atoms with E-state index in [9.17, 15) is 14.4 Å². The summed E-state index contributed by atoms with van der Waals surface area (Å²) in [7, 11) is 0. The molecule has 2 amide bonds. The minimum Gasteiger partial charge on any atom is -0.478 e. The van der Waals surface area contributed by atoms with Crippen LogP contribution in [0, 0.1) is 6.92 Å². The van der Waals surface area contributed by atoms with E-state index < -0.39 is 30.0 Å². The molecule has 0 aliphatic carbocycles. The van der Waals surface area contributed by atoms with Crippen molar-refractivity contribution in [2.45, 2.75) is 32.5 Å². The fraction of sp³-hybridized carbons (Fsp3) is 0.250. The van der Waals surface area contributed by atoms with Gasteiger partial charge in [-0.1, -0.05) is 29.8 Å². The van der Waals surface area contributed by atoms with Crippen LogP contribution in [0.25, 0.3) is 0 Å². The molecule has 0 saturated carbocycles. The lowest BCUT2D eigenvalue weighted by atomic mass is 10.1. The van der Waals surface area contributed by atoms with Crippen molar-refractivity contribution in [3.63, 3.8) is 0 Å². The van der Waals surface area contributed by atoms with Crippen molar-refractivity contribution in [3.8, 4) is 5.75 Å². The molecule has 1 aliphatic rings. The maximum Gasteiger partial charge on any atom is 0.310 e. The second-order valence-electron chi connectivity index (χ2n) is 6.38. The first-order chi connectivity index (χ1) is 13.3. The van der Waals surface area contributed by atoms with Gasteiger partial charge in [0.1, 0.15) is 5.75 Å². The second kappa shape index (κ2) is 8.31. The summed E-state index contributed by atoms with van der Waals surface area (Å²) < 4.78 is 10.7. The molecule has 1 heterocycles. The summed E-state index contributed by atoms with van der Waals surface area (Å²) in [6.45, 7) is 3.27. The van der Waals surface area contributed by atoms with Crippen molar-refractivity contribution in [3.05, 3.63) is 53.1 Å². The highest BCUT2D eigenvalue weighted by atomic mass is 35.5. The summed E-state index contributed by atoms with van der Waals surface area (Å²) in [5.41, 5.74) is 1.90. The standard InChI is InChI=1S/C20H19ClN2O5/c1-11-7-8-13(21)9-15(11)23-19(25)12(2)27-18(24)10-17-20(26)22-14-5-3-4-6-16(14)28-17/h3-9,12,17H,10H2,1-2H3,(H,22,26)(H,23,25)/t12-,17+/m0/s1. The Kier molecular flexibility index (Phi) is 5.84. The molecule has 2 atom stereocenters. The van der Waals surface area contributed by atoms with Crippen LogP contribution in [0.1, 0.15) is 18.9 Å². The van der Waals surface area contributed by atoms with E-state index in [1.54, 1.807) is 42.5 Å². The number of carbonyl (C=O) groups excluding carboxylic acids is 3. The van der Waals surface area contributed by atoms with Crippen molar-refractivity contribution < 1.29 is 23.9 Å². The number of nitrogens with one attached hydrogen (secondary N) is 2.